The fourth-order valence-corrected chi connectivity index (χ4v) is 6.26. The zero-order valence-electron chi connectivity index (χ0n) is 23.6. The molecule has 0 fully saturated rings. The number of hydrogen-bond donors (Lipinski definition) is 0. The van der Waals surface area contributed by atoms with E-state index in [9.17, 15) is 0 Å². The molecule has 37 heavy (non-hydrogen) atoms. The molecule has 0 saturated heterocycles. The van der Waals surface area contributed by atoms with Crippen LogP contribution in [0.25, 0.3) is 6.08 Å². The summed E-state index contributed by atoms with van der Waals surface area (Å²) in [4.78, 5) is 0. The number of benzene rings is 1. The molecule has 0 spiro atoms. The van der Waals surface area contributed by atoms with Crippen molar-refractivity contribution < 1.29 is 9.47 Å². The smallest absolute Gasteiger partial charge is 0.210 e. The molecule has 1 aromatic carbocycles. The summed E-state index contributed by atoms with van der Waals surface area (Å²) >= 11 is 0. The van der Waals surface area contributed by atoms with E-state index >= 15 is 0 Å². The van der Waals surface area contributed by atoms with Crippen molar-refractivity contribution >= 4 is 6.08 Å². The van der Waals surface area contributed by atoms with Gasteiger partial charge in [0.05, 0.1) is 5.56 Å². The van der Waals surface area contributed by atoms with Crippen LogP contribution in [0.4, 0.5) is 0 Å². The van der Waals surface area contributed by atoms with Crippen LogP contribution < -0.4 is 19.9 Å². The molecule has 4 heterocycles. The minimum Gasteiger partial charge on any atom is -0.465 e. The van der Waals surface area contributed by atoms with E-state index in [1.54, 1.807) is 0 Å². The number of hydrogen-bond acceptors (Lipinski definition) is 2. The van der Waals surface area contributed by atoms with Crippen molar-refractivity contribution in [1.82, 2.24) is 4.58 Å². The standard InChI is InChI=1S/C34H42NO2/c1-33(2,3)28-18-22(19-29(36-28)34(4,5)6)14-15-23-10-7-11-25-21-26-20-24-12-8-16-35-17-9-13-27(30(24)35)32(26)37-31(23)25/h14-15,18-21H,7-13,16-17H2,1-6H3/q+1/b23-15+. The Morgan fingerprint density at radius 1 is 0.757 bits per heavy atom. The minimum atomic E-state index is -0.0446. The number of nitrogens with zero attached hydrogens (tertiary/aromatic N) is 1. The number of fused-ring (bicyclic) bond motifs is 2. The molecule has 4 aliphatic heterocycles. The number of allylic oxidation sites excluding steroid dienone is 9. The van der Waals surface area contributed by atoms with Gasteiger partial charge in [-0.2, -0.15) is 0 Å². The molecule has 1 aliphatic carbocycles. The highest BCUT2D eigenvalue weighted by Crippen LogP contribution is 2.40. The van der Waals surface area contributed by atoms with Crippen LogP contribution in [0.3, 0.4) is 0 Å². The van der Waals surface area contributed by atoms with Gasteiger partial charge in [0.15, 0.2) is 0 Å². The molecule has 0 atom stereocenters. The highest BCUT2D eigenvalue weighted by atomic mass is 16.5. The predicted octanol–water partition coefficient (Wildman–Crippen LogP) is 6.42. The molecule has 3 heteroatoms. The molecule has 0 aromatic heterocycles. The second kappa shape index (κ2) is 8.89. The van der Waals surface area contributed by atoms with E-state index in [0.29, 0.717) is 0 Å². The number of aryl methyl sites for hydroxylation is 1. The molecule has 0 unspecified atom stereocenters. The van der Waals surface area contributed by atoms with Crippen LogP contribution in [0.2, 0.25) is 0 Å². The first-order valence-electron chi connectivity index (χ1n) is 14.3. The summed E-state index contributed by atoms with van der Waals surface area (Å²) in [6.07, 6.45) is 19.6. The van der Waals surface area contributed by atoms with Gasteiger partial charge < -0.3 is 9.47 Å². The zero-order valence-corrected chi connectivity index (χ0v) is 23.6. The molecule has 5 aliphatic rings. The van der Waals surface area contributed by atoms with Crippen LogP contribution in [-0.4, -0.2) is 13.1 Å². The molecule has 6 rings (SSSR count). The average molecular weight is 497 g/mol. The van der Waals surface area contributed by atoms with E-state index in [2.05, 4.69) is 82.6 Å². The van der Waals surface area contributed by atoms with Crippen molar-refractivity contribution in [3.63, 3.8) is 0 Å². The monoisotopic (exact) mass is 496 g/mol. The lowest BCUT2D eigenvalue weighted by molar-refractivity contribution is 0.161. The van der Waals surface area contributed by atoms with E-state index < -0.39 is 0 Å². The van der Waals surface area contributed by atoms with Gasteiger partial charge >= 0.3 is 0 Å². The summed E-state index contributed by atoms with van der Waals surface area (Å²) in [5, 5.41) is 2.79. The molecule has 3 nitrogen and oxygen atoms in total. The Bertz CT molecular complexity index is 1410. The van der Waals surface area contributed by atoms with E-state index in [1.807, 2.05) is 0 Å². The predicted molar refractivity (Wildman–Crippen MR) is 152 cm³/mol. The van der Waals surface area contributed by atoms with Crippen LogP contribution in [-0.2, 0) is 17.6 Å². The Labute approximate surface area is 222 Å². The quantitative estimate of drug-likeness (QED) is 0.418. The summed E-state index contributed by atoms with van der Waals surface area (Å²) in [6.45, 7) is 15.7. The van der Waals surface area contributed by atoms with E-state index in [1.165, 1.54) is 77.2 Å². The van der Waals surface area contributed by atoms with Crippen molar-refractivity contribution in [3.05, 3.63) is 86.1 Å². The van der Waals surface area contributed by atoms with E-state index in [4.69, 9.17) is 9.47 Å². The molecular weight excluding hydrogens is 454 g/mol. The first-order valence-corrected chi connectivity index (χ1v) is 14.3. The number of rotatable bonds is 1. The van der Waals surface area contributed by atoms with Gasteiger partial charge in [-0.1, -0.05) is 53.7 Å². The SMILES string of the molecule is CC(C)(C)C1=CC(=C/C=C2\CCCC3=C2Oc2c4c5c(cc2=C3)CCC[N+]=5CCC4)C=C(C(C)(C)C)O1. The third-order valence-electron chi connectivity index (χ3n) is 8.28. The molecular formula is C34H42NO2+. The van der Waals surface area contributed by atoms with Gasteiger partial charge in [-0.3, -0.25) is 0 Å². The lowest BCUT2D eigenvalue weighted by Gasteiger charge is -2.32. The number of ether oxygens (including phenoxy) is 2. The van der Waals surface area contributed by atoms with Crippen molar-refractivity contribution in [1.29, 1.82) is 0 Å². The van der Waals surface area contributed by atoms with Crippen molar-refractivity contribution in [2.45, 2.75) is 86.5 Å². The maximum Gasteiger partial charge on any atom is 0.210 e. The first kappa shape index (κ1) is 24.5. The van der Waals surface area contributed by atoms with Gasteiger partial charge in [0.25, 0.3) is 0 Å². The third kappa shape index (κ3) is 4.56. The first-order chi connectivity index (χ1) is 17.6. The van der Waals surface area contributed by atoms with E-state index in [-0.39, 0.29) is 10.8 Å². The molecule has 0 N–H and O–H groups in total. The highest BCUT2D eigenvalue weighted by Gasteiger charge is 2.31. The lowest BCUT2D eigenvalue weighted by Crippen LogP contribution is -2.45. The Hall–Kier alpha value is -2.81. The molecule has 0 amide bonds. The van der Waals surface area contributed by atoms with Gasteiger partial charge in [-0.25, -0.2) is 4.58 Å². The molecule has 1 aromatic rings. The Morgan fingerprint density at radius 3 is 2.16 bits per heavy atom. The molecule has 0 radical (unpaired) electrons. The van der Waals surface area contributed by atoms with E-state index in [0.717, 1.165) is 42.3 Å². The summed E-state index contributed by atoms with van der Waals surface area (Å²) in [7, 11) is 0. The van der Waals surface area contributed by atoms with Crippen LogP contribution in [0.1, 0.15) is 84.8 Å². The van der Waals surface area contributed by atoms with Gasteiger partial charge in [0, 0.05) is 34.5 Å². The summed E-state index contributed by atoms with van der Waals surface area (Å²) in [5.74, 6) is 4.28. The Morgan fingerprint density at radius 2 is 1.46 bits per heavy atom. The fraction of sp³-hybridized carbons (Fsp3) is 0.500. The molecule has 0 saturated carbocycles. The Kier molecular flexibility index (Phi) is 5.89. The topological polar surface area (TPSA) is 21.5 Å². The summed E-state index contributed by atoms with van der Waals surface area (Å²) < 4.78 is 15.9. The van der Waals surface area contributed by atoms with Crippen molar-refractivity contribution in [2.75, 3.05) is 13.1 Å². The normalized spacial score (nSPS) is 22.2. The zero-order chi connectivity index (χ0) is 25.9. The van der Waals surface area contributed by atoms with Gasteiger partial charge in [0.2, 0.25) is 5.36 Å². The van der Waals surface area contributed by atoms with Gasteiger partial charge in [-0.05, 0) is 73.1 Å². The molecule has 0 bridgehead atoms. The maximum atomic E-state index is 6.88. The molecule has 194 valence electrons. The van der Waals surface area contributed by atoms with Crippen molar-refractivity contribution in [3.8, 4) is 5.75 Å². The summed E-state index contributed by atoms with van der Waals surface area (Å²) in [5.41, 5.74) is 6.76. The highest BCUT2D eigenvalue weighted by molar-refractivity contribution is 5.62. The van der Waals surface area contributed by atoms with Crippen LogP contribution >= 0.6 is 0 Å². The maximum absolute atomic E-state index is 6.88. The largest absolute Gasteiger partial charge is 0.465 e. The average Bonchev–Trinajstić information content (AvgIpc) is 2.85. The van der Waals surface area contributed by atoms with Crippen LogP contribution in [0.15, 0.2) is 64.4 Å². The minimum absolute atomic E-state index is 0.0446. The van der Waals surface area contributed by atoms with Gasteiger partial charge in [-0.15, -0.1) is 0 Å². The second-order valence-corrected chi connectivity index (χ2v) is 13.4. The van der Waals surface area contributed by atoms with Gasteiger partial charge in [0.1, 0.15) is 36.1 Å². The van der Waals surface area contributed by atoms with Crippen molar-refractivity contribution in [2.24, 2.45) is 10.8 Å². The fourth-order valence-electron chi connectivity index (χ4n) is 6.26. The third-order valence-corrected chi connectivity index (χ3v) is 8.28. The van der Waals surface area contributed by atoms with Crippen LogP contribution in [0, 0.1) is 10.8 Å². The summed E-state index contributed by atoms with van der Waals surface area (Å²) in [6, 6.07) is 2.43. The lowest BCUT2D eigenvalue weighted by atomic mass is 9.86. The van der Waals surface area contributed by atoms with Crippen LogP contribution in [0.5, 0.6) is 5.75 Å². The Balaban J connectivity index is 1.41. The second-order valence-electron chi connectivity index (χ2n) is 13.4.